The predicted molar refractivity (Wildman–Crippen MR) is 81.3 cm³/mol. The van der Waals surface area contributed by atoms with Gasteiger partial charge in [-0.25, -0.2) is 9.18 Å². The van der Waals surface area contributed by atoms with Gasteiger partial charge in [0.05, 0.1) is 18.7 Å². The molecular formula is C16H17FN2O5. The maximum Gasteiger partial charge on any atom is 0.334 e. The number of aliphatic carboxylic acids is 1. The Hall–Kier alpha value is -2.48. The number of carbonyl (C=O) groups is 3. The fourth-order valence-corrected chi connectivity index (χ4v) is 2.92. The SMILES string of the molecule is O=C(O)[C@@H]1CN(C(=O)c2cc(N3CCCC3=O)ccc2F)CCO1. The molecule has 0 spiro atoms. The van der Waals surface area contributed by atoms with Crippen molar-refractivity contribution in [2.45, 2.75) is 18.9 Å². The minimum absolute atomic E-state index is 0.0580. The third kappa shape index (κ3) is 3.09. The van der Waals surface area contributed by atoms with Crippen LogP contribution in [0.25, 0.3) is 0 Å². The Balaban J connectivity index is 1.84. The summed E-state index contributed by atoms with van der Waals surface area (Å²) in [4.78, 5) is 38.2. The lowest BCUT2D eigenvalue weighted by molar-refractivity contribution is -0.154. The van der Waals surface area contributed by atoms with Gasteiger partial charge < -0.3 is 19.6 Å². The second-order valence-electron chi connectivity index (χ2n) is 5.76. The second-order valence-corrected chi connectivity index (χ2v) is 5.76. The molecule has 0 radical (unpaired) electrons. The highest BCUT2D eigenvalue weighted by Crippen LogP contribution is 2.25. The zero-order valence-corrected chi connectivity index (χ0v) is 12.9. The lowest BCUT2D eigenvalue weighted by atomic mass is 10.1. The van der Waals surface area contributed by atoms with Crippen molar-refractivity contribution in [3.05, 3.63) is 29.6 Å². The monoisotopic (exact) mass is 336 g/mol. The Labute approximate surface area is 137 Å². The van der Waals surface area contributed by atoms with E-state index in [-0.39, 0.29) is 31.2 Å². The highest BCUT2D eigenvalue weighted by atomic mass is 19.1. The number of anilines is 1. The molecule has 8 heteroatoms. The first kappa shape index (κ1) is 16.4. The van der Waals surface area contributed by atoms with Crippen molar-refractivity contribution >= 4 is 23.5 Å². The van der Waals surface area contributed by atoms with Gasteiger partial charge in [0.2, 0.25) is 5.91 Å². The lowest BCUT2D eigenvalue weighted by Crippen LogP contribution is -2.48. The molecule has 3 rings (SSSR count). The van der Waals surface area contributed by atoms with Gasteiger partial charge in [0, 0.05) is 25.2 Å². The molecule has 2 fully saturated rings. The average molecular weight is 336 g/mol. The first-order valence-corrected chi connectivity index (χ1v) is 7.71. The van der Waals surface area contributed by atoms with E-state index in [1.165, 1.54) is 21.9 Å². The topological polar surface area (TPSA) is 87.2 Å². The average Bonchev–Trinajstić information content (AvgIpc) is 3.01. The Morgan fingerprint density at radius 2 is 2.08 bits per heavy atom. The van der Waals surface area contributed by atoms with Crippen LogP contribution in [0.1, 0.15) is 23.2 Å². The molecule has 7 nitrogen and oxygen atoms in total. The van der Waals surface area contributed by atoms with Gasteiger partial charge in [0.25, 0.3) is 5.91 Å². The highest BCUT2D eigenvalue weighted by Gasteiger charge is 2.31. The molecule has 1 N–H and O–H groups in total. The number of carbonyl (C=O) groups excluding carboxylic acids is 2. The van der Waals surface area contributed by atoms with Gasteiger partial charge in [-0.3, -0.25) is 9.59 Å². The predicted octanol–water partition coefficient (Wildman–Crippen LogP) is 0.878. The molecule has 0 aromatic heterocycles. The van der Waals surface area contributed by atoms with Gasteiger partial charge in [-0.2, -0.15) is 0 Å². The minimum atomic E-state index is -1.16. The van der Waals surface area contributed by atoms with Crippen molar-refractivity contribution in [2.75, 3.05) is 31.1 Å². The van der Waals surface area contributed by atoms with Crippen LogP contribution in [0, 0.1) is 5.82 Å². The normalized spacial score (nSPS) is 21.2. The number of carboxylic acids is 1. The van der Waals surface area contributed by atoms with Crippen LogP contribution in [-0.4, -0.2) is 60.1 Å². The van der Waals surface area contributed by atoms with Crippen molar-refractivity contribution < 1.29 is 28.6 Å². The maximum atomic E-state index is 14.1. The number of nitrogens with zero attached hydrogens (tertiary/aromatic N) is 2. The van der Waals surface area contributed by atoms with Crippen molar-refractivity contribution in [1.82, 2.24) is 4.90 Å². The van der Waals surface area contributed by atoms with Crippen molar-refractivity contribution in [1.29, 1.82) is 0 Å². The van der Waals surface area contributed by atoms with Crippen LogP contribution in [-0.2, 0) is 14.3 Å². The largest absolute Gasteiger partial charge is 0.479 e. The lowest BCUT2D eigenvalue weighted by Gasteiger charge is -2.31. The van der Waals surface area contributed by atoms with E-state index < -0.39 is 23.8 Å². The summed E-state index contributed by atoms with van der Waals surface area (Å²) in [6.45, 7) is 0.667. The molecular weight excluding hydrogens is 319 g/mol. The zero-order valence-electron chi connectivity index (χ0n) is 12.9. The van der Waals surface area contributed by atoms with Crippen molar-refractivity contribution in [3.63, 3.8) is 0 Å². The molecule has 1 atom stereocenters. The quantitative estimate of drug-likeness (QED) is 0.885. The number of morpholine rings is 1. The fourth-order valence-electron chi connectivity index (χ4n) is 2.92. The van der Waals surface area contributed by atoms with E-state index in [1.807, 2.05) is 0 Å². The number of rotatable bonds is 3. The van der Waals surface area contributed by atoms with Crippen LogP contribution < -0.4 is 4.90 Å². The zero-order chi connectivity index (χ0) is 17.3. The molecule has 0 saturated carbocycles. The number of halogens is 1. The summed E-state index contributed by atoms with van der Waals surface area (Å²) in [5, 5.41) is 9.00. The van der Waals surface area contributed by atoms with Crippen LogP contribution in [0.3, 0.4) is 0 Å². The summed E-state index contributed by atoms with van der Waals surface area (Å²) in [6, 6.07) is 3.98. The van der Waals surface area contributed by atoms with Crippen LogP contribution in [0.5, 0.6) is 0 Å². The third-order valence-corrected chi connectivity index (χ3v) is 4.19. The Morgan fingerprint density at radius 1 is 1.29 bits per heavy atom. The van der Waals surface area contributed by atoms with Crippen LogP contribution in [0.15, 0.2) is 18.2 Å². The van der Waals surface area contributed by atoms with Gasteiger partial charge >= 0.3 is 5.97 Å². The number of hydrogen-bond donors (Lipinski definition) is 1. The number of hydrogen-bond acceptors (Lipinski definition) is 4. The number of ether oxygens (including phenoxy) is 1. The maximum absolute atomic E-state index is 14.1. The number of benzene rings is 1. The summed E-state index contributed by atoms with van der Waals surface area (Å²) >= 11 is 0. The first-order chi connectivity index (χ1) is 11.5. The van der Waals surface area contributed by atoms with E-state index in [9.17, 15) is 18.8 Å². The van der Waals surface area contributed by atoms with E-state index in [1.54, 1.807) is 0 Å². The minimum Gasteiger partial charge on any atom is -0.479 e. The molecule has 2 saturated heterocycles. The van der Waals surface area contributed by atoms with E-state index in [2.05, 4.69) is 0 Å². The Bertz CT molecular complexity index is 693. The van der Waals surface area contributed by atoms with Gasteiger partial charge in [0.1, 0.15) is 5.82 Å². The molecule has 2 aliphatic rings. The van der Waals surface area contributed by atoms with Crippen LogP contribution in [0.2, 0.25) is 0 Å². The summed E-state index contributed by atoms with van der Waals surface area (Å²) < 4.78 is 19.2. The fraction of sp³-hybridized carbons (Fsp3) is 0.438. The van der Waals surface area contributed by atoms with Crippen molar-refractivity contribution in [3.8, 4) is 0 Å². The molecule has 0 unspecified atom stereocenters. The number of carboxylic acid groups (broad SMARTS) is 1. The van der Waals surface area contributed by atoms with Gasteiger partial charge in [0.15, 0.2) is 6.10 Å². The van der Waals surface area contributed by atoms with Gasteiger partial charge in [-0.1, -0.05) is 0 Å². The molecule has 24 heavy (non-hydrogen) atoms. The molecule has 2 amide bonds. The first-order valence-electron chi connectivity index (χ1n) is 7.71. The Kier molecular flexibility index (Phi) is 4.48. The molecule has 1 aromatic rings. The van der Waals surface area contributed by atoms with E-state index in [4.69, 9.17) is 9.84 Å². The second kappa shape index (κ2) is 6.56. The molecule has 1 aromatic carbocycles. The van der Waals surface area contributed by atoms with Crippen LogP contribution >= 0.6 is 0 Å². The third-order valence-electron chi connectivity index (χ3n) is 4.19. The van der Waals surface area contributed by atoms with Gasteiger partial charge in [-0.15, -0.1) is 0 Å². The van der Waals surface area contributed by atoms with E-state index in [0.29, 0.717) is 18.7 Å². The molecule has 0 bridgehead atoms. The summed E-state index contributed by atoms with van der Waals surface area (Å²) in [6.07, 6.45) is 0.0438. The van der Waals surface area contributed by atoms with Gasteiger partial charge in [-0.05, 0) is 24.6 Å². The summed E-state index contributed by atoms with van der Waals surface area (Å²) in [7, 11) is 0. The molecule has 2 aliphatic heterocycles. The molecule has 0 aliphatic carbocycles. The summed E-state index contributed by atoms with van der Waals surface area (Å²) in [5.41, 5.74) is 0.309. The Morgan fingerprint density at radius 3 is 2.75 bits per heavy atom. The number of amides is 2. The highest BCUT2D eigenvalue weighted by molar-refractivity contribution is 5.99. The molecule has 128 valence electrons. The smallest absolute Gasteiger partial charge is 0.334 e. The van der Waals surface area contributed by atoms with Crippen LogP contribution in [0.4, 0.5) is 10.1 Å². The molecule has 2 heterocycles. The van der Waals surface area contributed by atoms with E-state index in [0.717, 1.165) is 12.5 Å². The summed E-state index contributed by atoms with van der Waals surface area (Å²) in [5.74, 6) is -2.52. The standard InChI is InChI=1S/C16H17FN2O5/c17-12-4-3-10(19-5-1-2-14(19)20)8-11(12)15(21)18-6-7-24-13(9-18)16(22)23/h3-4,8,13H,1-2,5-7,9H2,(H,22,23)/t13-/m0/s1. The van der Waals surface area contributed by atoms with Crippen molar-refractivity contribution in [2.24, 2.45) is 0 Å². The van der Waals surface area contributed by atoms with E-state index >= 15 is 0 Å².